The zero-order chi connectivity index (χ0) is 17.4. The van der Waals surface area contributed by atoms with E-state index in [1.165, 1.54) is 42.5 Å². The number of nitrogens with zero attached hydrogens (tertiary/aromatic N) is 3. The molecule has 2 heterocycles. The Kier molecular flexibility index (Phi) is 4.20. The van der Waals surface area contributed by atoms with Crippen LogP contribution in [-0.2, 0) is 12.8 Å². The van der Waals surface area contributed by atoms with E-state index in [-0.39, 0.29) is 0 Å². The lowest BCUT2D eigenvalue weighted by molar-refractivity contribution is 0.529. The van der Waals surface area contributed by atoms with Crippen molar-refractivity contribution in [3.63, 3.8) is 0 Å². The van der Waals surface area contributed by atoms with Crippen LogP contribution in [0.15, 0.2) is 18.2 Å². The van der Waals surface area contributed by atoms with Gasteiger partial charge in [0.1, 0.15) is 5.82 Å². The molecule has 130 valence electrons. The quantitative estimate of drug-likeness (QED) is 0.933. The molecular formula is C21H26N4. The van der Waals surface area contributed by atoms with Crippen molar-refractivity contribution in [2.45, 2.75) is 52.4 Å². The first kappa shape index (κ1) is 16.1. The van der Waals surface area contributed by atoms with Gasteiger partial charge in [0.05, 0.1) is 16.3 Å². The third kappa shape index (κ3) is 2.90. The van der Waals surface area contributed by atoms with E-state index >= 15 is 0 Å². The van der Waals surface area contributed by atoms with E-state index in [9.17, 15) is 0 Å². The van der Waals surface area contributed by atoms with Gasteiger partial charge in [0.15, 0.2) is 5.82 Å². The molecule has 1 saturated carbocycles. The zero-order valence-electron chi connectivity index (χ0n) is 15.2. The van der Waals surface area contributed by atoms with Crippen LogP contribution in [0.1, 0.15) is 49.6 Å². The molecule has 1 aromatic heterocycles. The number of para-hydroxylation sites is 1. The van der Waals surface area contributed by atoms with E-state index in [0.717, 1.165) is 41.0 Å². The van der Waals surface area contributed by atoms with Crippen LogP contribution in [0, 0.1) is 12.8 Å². The largest absolute Gasteiger partial charge is 0.299 e. The summed E-state index contributed by atoms with van der Waals surface area (Å²) in [5.74, 6) is 2.61. The number of anilines is 2. The summed E-state index contributed by atoms with van der Waals surface area (Å²) in [4.78, 5) is 9.61. The highest BCUT2D eigenvalue weighted by atomic mass is 15.5. The molecule has 0 spiro atoms. The topological polar surface area (TPSA) is 41.1 Å². The van der Waals surface area contributed by atoms with Crippen LogP contribution in [0.25, 0.3) is 12.8 Å². The van der Waals surface area contributed by atoms with E-state index in [0.29, 0.717) is 0 Å². The van der Waals surface area contributed by atoms with Crippen LogP contribution in [0.4, 0.5) is 11.5 Å². The molecule has 0 atom stereocenters. The number of rotatable bonds is 4. The van der Waals surface area contributed by atoms with Crippen LogP contribution in [0.5, 0.6) is 0 Å². The van der Waals surface area contributed by atoms with Gasteiger partial charge in [-0.15, -0.1) is 0 Å². The third-order valence-corrected chi connectivity index (χ3v) is 5.47. The molecule has 4 rings (SSSR count). The molecule has 0 radical (unpaired) electrons. The lowest BCUT2D eigenvalue weighted by atomic mass is 10.0. The van der Waals surface area contributed by atoms with Gasteiger partial charge in [0.25, 0.3) is 0 Å². The maximum atomic E-state index is 4.93. The van der Waals surface area contributed by atoms with Gasteiger partial charge < -0.3 is 0 Å². The molecular weight excluding hydrogens is 308 g/mol. The summed E-state index contributed by atoms with van der Waals surface area (Å²) >= 11 is 0. The SMILES string of the molecule is C=c1nc(CC2CCCC2)nc2c1=CNN2c1c(C)cccc1CC. The van der Waals surface area contributed by atoms with E-state index in [2.05, 4.69) is 54.0 Å². The fourth-order valence-corrected chi connectivity index (χ4v) is 4.12. The lowest BCUT2D eigenvalue weighted by Crippen LogP contribution is -2.33. The third-order valence-electron chi connectivity index (χ3n) is 5.47. The van der Waals surface area contributed by atoms with Crippen molar-refractivity contribution >= 4 is 24.3 Å². The van der Waals surface area contributed by atoms with E-state index in [4.69, 9.17) is 4.98 Å². The molecule has 1 N–H and O–H groups in total. The molecule has 0 unspecified atom stereocenters. The van der Waals surface area contributed by atoms with Gasteiger partial charge in [-0.1, -0.05) is 57.4 Å². The summed E-state index contributed by atoms with van der Waals surface area (Å²) in [5.41, 5.74) is 7.14. The average molecular weight is 334 g/mol. The molecule has 1 aromatic carbocycles. The molecule has 4 heteroatoms. The molecule has 25 heavy (non-hydrogen) atoms. The highest BCUT2D eigenvalue weighted by molar-refractivity contribution is 5.71. The lowest BCUT2D eigenvalue weighted by Gasteiger charge is -2.24. The second-order valence-electron chi connectivity index (χ2n) is 7.22. The monoisotopic (exact) mass is 334 g/mol. The maximum Gasteiger partial charge on any atom is 0.164 e. The maximum absolute atomic E-state index is 4.93. The van der Waals surface area contributed by atoms with Crippen molar-refractivity contribution in [1.29, 1.82) is 0 Å². The Hall–Kier alpha value is -2.36. The number of hydrogen-bond donors (Lipinski definition) is 1. The Bertz CT molecular complexity index is 897. The predicted molar refractivity (Wildman–Crippen MR) is 103 cm³/mol. The zero-order valence-corrected chi connectivity index (χ0v) is 15.2. The van der Waals surface area contributed by atoms with Crippen molar-refractivity contribution < 1.29 is 0 Å². The Balaban J connectivity index is 1.75. The van der Waals surface area contributed by atoms with Crippen molar-refractivity contribution in [3.8, 4) is 0 Å². The standard InChI is InChI=1S/C21H26N4/c1-4-17-11-7-8-14(2)20(17)25-21-18(13-22-25)15(3)23-19(24-21)12-16-9-5-6-10-16/h7-8,11,13,16,22H,3-6,9-10,12H2,1-2H3. The fraction of sp³-hybridized carbons (Fsp3) is 0.429. The molecule has 1 aliphatic heterocycles. The van der Waals surface area contributed by atoms with Gasteiger partial charge >= 0.3 is 0 Å². The first-order chi connectivity index (χ1) is 12.2. The van der Waals surface area contributed by atoms with Crippen LogP contribution in [0.2, 0.25) is 0 Å². The Morgan fingerprint density at radius 1 is 1.24 bits per heavy atom. The number of benzene rings is 1. The minimum absolute atomic E-state index is 0.730. The molecule has 0 amide bonds. The molecule has 4 nitrogen and oxygen atoms in total. The fourth-order valence-electron chi connectivity index (χ4n) is 4.12. The van der Waals surface area contributed by atoms with Crippen LogP contribution in [0.3, 0.4) is 0 Å². The molecule has 1 aliphatic carbocycles. The number of hydrazine groups is 1. The van der Waals surface area contributed by atoms with Crippen molar-refractivity contribution in [1.82, 2.24) is 15.4 Å². The Morgan fingerprint density at radius 3 is 2.80 bits per heavy atom. The number of nitrogens with one attached hydrogen (secondary N) is 1. The average Bonchev–Trinajstić information content (AvgIpc) is 3.25. The normalized spacial score (nSPS) is 16.6. The first-order valence-corrected chi connectivity index (χ1v) is 9.38. The summed E-state index contributed by atoms with van der Waals surface area (Å²) in [7, 11) is 0. The molecule has 0 bridgehead atoms. The summed E-state index contributed by atoms with van der Waals surface area (Å²) in [6.45, 7) is 8.52. The van der Waals surface area contributed by atoms with E-state index in [1.807, 2.05) is 6.20 Å². The summed E-state index contributed by atoms with van der Waals surface area (Å²) < 4.78 is 0. The summed E-state index contributed by atoms with van der Waals surface area (Å²) in [5, 5.41) is 3.93. The predicted octanol–water partition coefficient (Wildman–Crippen LogP) is 2.88. The minimum Gasteiger partial charge on any atom is -0.299 e. The van der Waals surface area contributed by atoms with Gasteiger partial charge in [0.2, 0.25) is 0 Å². The minimum atomic E-state index is 0.730. The van der Waals surface area contributed by atoms with Gasteiger partial charge in [-0.3, -0.25) is 5.43 Å². The van der Waals surface area contributed by atoms with Crippen molar-refractivity contribution in [2.24, 2.45) is 5.92 Å². The Morgan fingerprint density at radius 2 is 2.04 bits per heavy atom. The van der Waals surface area contributed by atoms with E-state index < -0.39 is 0 Å². The van der Waals surface area contributed by atoms with Crippen LogP contribution < -0.4 is 21.0 Å². The summed E-state index contributed by atoms with van der Waals surface area (Å²) in [6, 6.07) is 6.46. The number of hydrogen-bond acceptors (Lipinski definition) is 4. The van der Waals surface area contributed by atoms with Gasteiger partial charge in [-0.05, 0) is 30.4 Å². The highest BCUT2D eigenvalue weighted by Gasteiger charge is 2.23. The first-order valence-electron chi connectivity index (χ1n) is 9.38. The highest BCUT2D eigenvalue weighted by Crippen LogP contribution is 2.30. The number of fused-ring (bicyclic) bond motifs is 1. The van der Waals surface area contributed by atoms with Crippen LogP contribution >= 0.6 is 0 Å². The van der Waals surface area contributed by atoms with Crippen molar-refractivity contribution in [2.75, 3.05) is 5.01 Å². The number of aryl methyl sites for hydroxylation is 2. The number of aromatic nitrogens is 2. The van der Waals surface area contributed by atoms with E-state index in [1.54, 1.807) is 0 Å². The summed E-state index contributed by atoms with van der Waals surface area (Å²) in [6.07, 6.45) is 9.23. The molecule has 1 fully saturated rings. The second kappa shape index (κ2) is 6.51. The molecule has 0 saturated heterocycles. The van der Waals surface area contributed by atoms with Crippen LogP contribution in [-0.4, -0.2) is 9.97 Å². The molecule has 2 aromatic rings. The van der Waals surface area contributed by atoms with Gasteiger partial charge in [-0.25, -0.2) is 15.0 Å². The molecule has 2 aliphatic rings. The van der Waals surface area contributed by atoms with Gasteiger partial charge in [0, 0.05) is 12.6 Å². The second-order valence-corrected chi connectivity index (χ2v) is 7.22. The Labute approximate surface area is 149 Å². The van der Waals surface area contributed by atoms with Gasteiger partial charge in [-0.2, -0.15) is 0 Å². The van der Waals surface area contributed by atoms with Crippen molar-refractivity contribution in [3.05, 3.63) is 45.7 Å². The smallest absolute Gasteiger partial charge is 0.164 e.